The van der Waals surface area contributed by atoms with Crippen molar-refractivity contribution in [3.8, 4) is 5.69 Å². The molecular weight excluding hydrogens is 389 g/mol. The maximum absolute atomic E-state index is 13.8. The van der Waals surface area contributed by atoms with Crippen molar-refractivity contribution in [2.75, 3.05) is 19.7 Å². The van der Waals surface area contributed by atoms with Gasteiger partial charge >= 0.3 is 12.1 Å². The van der Waals surface area contributed by atoms with Crippen molar-refractivity contribution in [1.29, 1.82) is 0 Å². The number of nitrogens with zero attached hydrogens (tertiary/aromatic N) is 3. The summed E-state index contributed by atoms with van der Waals surface area (Å²) in [6.07, 6.45) is 2.39. The van der Waals surface area contributed by atoms with Crippen LogP contribution in [0.1, 0.15) is 62.5 Å². The second kappa shape index (κ2) is 8.85. The van der Waals surface area contributed by atoms with Gasteiger partial charge in [0.15, 0.2) is 0 Å². The number of likely N-dealkylation sites (tertiary alicyclic amines) is 1. The Morgan fingerprint density at radius 2 is 1.93 bits per heavy atom. The molecule has 1 aliphatic rings. The number of esters is 1. The highest BCUT2D eigenvalue weighted by molar-refractivity contribution is 5.90. The first-order valence-corrected chi connectivity index (χ1v) is 10.2. The third kappa shape index (κ3) is 4.98. The fraction of sp³-hybridized carbons (Fsp3) is 0.500. The summed E-state index contributed by atoms with van der Waals surface area (Å²) in [4.78, 5) is 26.6. The standard InChI is InChI=1S/C22H28FN3O4/c1-5-29-20(27)18-14-24-26(17-8-6-7-16(23)13-17)19(18)15-9-11-25(12-10-15)21(28)30-22(2,3)4/h6-8,13-15H,5,9-12H2,1-4H3. The van der Waals surface area contributed by atoms with Gasteiger partial charge in [0.25, 0.3) is 0 Å². The highest BCUT2D eigenvalue weighted by Crippen LogP contribution is 2.33. The summed E-state index contributed by atoms with van der Waals surface area (Å²) in [7, 11) is 0. The first kappa shape index (κ1) is 21.8. The molecule has 162 valence electrons. The molecule has 1 aliphatic heterocycles. The summed E-state index contributed by atoms with van der Waals surface area (Å²) in [6, 6.07) is 6.08. The number of piperidine rings is 1. The molecule has 1 fully saturated rings. The third-order valence-corrected chi connectivity index (χ3v) is 4.89. The zero-order chi connectivity index (χ0) is 21.9. The van der Waals surface area contributed by atoms with Crippen molar-refractivity contribution < 1.29 is 23.5 Å². The van der Waals surface area contributed by atoms with E-state index >= 15 is 0 Å². The van der Waals surface area contributed by atoms with Gasteiger partial charge in [0.1, 0.15) is 17.0 Å². The Labute approximate surface area is 175 Å². The molecule has 8 heteroatoms. The predicted octanol–water partition coefficient (Wildman–Crippen LogP) is 4.30. The molecule has 7 nitrogen and oxygen atoms in total. The topological polar surface area (TPSA) is 73.7 Å². The Morgan fingerprint density at radius 3 is 2.53 bits per heavy atom. The third-order valence-electron chi connectivity index (χ3n) is 4.89. The normalized spacial score (nSPS) is 15.2. The van der Waals surface area contributed by atoms with E-state index in [2.05, 4.69) is 5.10 Å². The molecule has 0 saturated carbocycles. The minimum absolute atomic E-state index is 0.0335. The second-order valence-corrected chi connectivity index (χ2v) is 8.30. The van der Waals surface area contributed by atoms with E-state index in [1.54, 1.807) is 28.6 Å². The van der Waals surface area contributed by atoms with Crippen molar-refractivity contribution in [2.24, 2.45) is 0 Å². The fourth-order valence-electron chi connectivity index (χ4n) is 3.59. The first-order chi connectivity index (χ1) is 14.2. The van der Waals surface area contributed by atoms with Crippen LogP contribution in [0.2, 0.25) is 0 Å². The maximum atomic E-state index is 13.8. The molecule has 0 radical (unpaired) electrons. The van der Waals surface area contributed by atoms with Crippen LogP contribution >= 0.6 is 0 Å². The van der Waals surface area contributed by atoms with Crippen LogP contribution in [0, 0.1) is 5.82 Å². The lowest BCUT2D eigenvalue weighted by Gasteiger charge is -2.33. The molecule has 3 rings (SSSR count). The lowest BCUT2D eigenvalue weighted by molar-refractivity contribution is 0.0202. The molecule has 0 bridgehead atoms. The number of amides is 1. The molecule has 0 unspecified atom stereocenters. The van der Waals surface area contributed by atoms with Crippen LogP contribution in [0.4, 0.5) is 9.18 Å². The van der Waals surface area contributed by atoms with E-state index in [9.17, 15) is 14.0 Å². The van der Waals surface area contributed by atoms with Gasteiger partial charge in [-0.15, -0.1) is 0 Å². The van der Waals surface area contributed by atoms with Crippen LogP contribution in [0.15, 0.2) is 30.5 Å². The number of halogens is 1. The van der Waals surface area contributed by atoms with Crippen molar-refractivity contribution in [2.45, 2.75) is 52.1 Å². The highest BCUT2D eigenvalue weighted by atomic mass is 19.1. The smallest absolute Gasteiger partial charge is 0.410 e. The van der Waals surface area contributed by atoms with Crippen molar-refractivity contribution in [3.63, 3.8) is 0 Å². The largest absolute Gasteiger partial charge is 0.462 e. The molecule has 0 N–H and O–H groups in total. The summed E-state index contributed by atoms with van der Waals surface area (Å²) in [6.45, 7) is 8.49. The number of hydrogen-bond acceptors (Lipinski definition) is 5. The van der Waals surface area contributed by atoms with E-state index in [1.165, 1.54) is 18.3 Å². The Bertz CT molecular complexity index is 911. The summed E-state index contributed by atoms with van der Waals surface area (Å²) >= 11 is 0. The minimum Gasteiger partial charge on any atom is -0.462 e. The quantitative estimate of drug-likeness (QED) is 0.694. The number of carbonyl (C=O) groups is 2. The Kier molecular flexibility index (Phi) is 6.43. The van der Waals surface area contributed by atoms with Crippen LogP contribution in [-0.2, 0) is 9.47 Å². The van der Waals surface area contributed by atoms with Gasteiger partial charge in [0.2, 0.25) is 0 Å². The van der Waals surface area contributed by atoms with Crippen LogP contribution in [0.5, 0.6) is 0 Å². The summed E-state index contributed by atoms with van der Waals surface area (Å²) < 4.78 is 26.1. The van der Waals surface area contributed by atoms with Gasteiger partial charge < -0.3 is 14.4 Å². The molecule has 0 spiro atoms. The molecule has 1 aromatic carbocycles. The number of rotatable bonds is 4. The molecule has 0 atom stereocenters. The molecular formula is C22H28FN3O4. The second-order valence-electron chi connectivity index (χ2n) is 8.30. The van der Waals surface area contributed by atoms with E-state index in [0.29, 0.717) is 42.9 Å². The highest BCUT2D eigenvalue weighted by Gasteiger charge is 2.32. The van der Waals surface area contributed by atoms with Gasteiger partial charge in [-0.3, -0.25) is 0 Å². The van der Waals surface area contributed by atoms with Crippen molar-refractivity contribution in [3.05, 3.63) is 47.5 Å². The Hall–Kier alpha value is -2.90. The monoisotopic (exact) mass is 417 g/mol. The van der Waals surface area contributed by atoms with Gasteiger partial charge in [0.05, 0.1) is 24.2 Å². The van der Waals surface area contributed by atoms with E-state index < -0.39 is 11.6 Å². The molecule has 1 amide bonds. The molecule has 1 saturated heterocycles. The van der Waals surface area contributed by atoms with E-state index in [4.69, 9.17) is 9.47 Å². The first-order valence-electron chi connectivity index (χ1n) is 10.2. The lowest BCUT2D eigenvalue weighted by Crippen LogP contribution is -2.41. The zero-order valence-electron chi connectivity index (χ0n) is 17.9. The zero-order valence-corrected chi connectivity index (χ0v) is 17.9. The van der Waals surface area contributed by atoms with Crippen LogP contribution in [0.3, 0.4) is 0 Å². The van der Waals surface area contributed by atoms with Crippen molar-refractivity contribution in [1.82, 2.24) is 14.7 Å². The van der Waals surface area contributed by atoms with Gasteiger partial charge in [-0.2, -0.15) is 5.10 Å². The summed E-state index contributed by atoms with van der Waals surface area (Å²) in [5.74, 6) is -0.870. The van der Waals surface area contributed by atoms with Crippen molar-refractivity contribution >= 4 is 12.1 Å². The predicted molar refractivity (Wildman–Crippen MR) is 109 cm³/mol. The molecule has 2 heterocycles. The average molecular weight is 417 g/mol. The molecule has 1 aromatic heterocycles. The number of aromatic nitrogens is 2. The number of hydrogen-bond donors (Lipinski definition) is 0. The lowest BCUT2D eigenvalue weighted by atomic mass is 9.91. The Balaban J connectivity index is 1.86. The number of carbonyl (C=O) groups excluding carboxylic acids is 2. The molecule has 30 heavy (non-hydrogen) atoms. The van der Waals surface area contributed by atoms with E-state index in [-0.39, 0.29) is 24.4 Å². The minimum atomic E-state index is -0.555. The van der Waals surface area contributed by atoms with Gasteiger partial charge in [-0.1, -0.05) is 6.07 Å². The van der Waals surface area contributed by atoms with Gasteiger partial charge in [-0.25, -0.2) is 18.7 Å². The molecule has 2 aromatic rings. The SMILES string of the molecule is CCOC(=O)c1cnn(-c2cccc(F)c2)c1C1CCN(C(=O)OC(C)(C)C)CC1. The van der Waals surface area contributed by atoms with E-state index in [1.807, 2.05) is 20.8 Å². The average Bonchev–Trinajstić information content (AvgIpc) is 3.12. The number of benzene rings is 1. The van der Waals surface area contributed by atoms with Gasteiger partial charge in [-0.05, 0) is 58.7 Å². The molecule has 0 aliphatic carbocycles. The van der Waals surface area contributed by atoms with E-state index in [0.717, 1.165) is 0 Å². The van der Waals surface area contributed by atoms with Crippen LogP contribution < -0.4 is 0 Å². The fourth-order valence-corrected chi connectivity index (χ4v) is 3.59. The van der Waals surface area contributed by atoms with Crippen LogP contribution in [-0.4, -0.2) is 52.0 Å². The maximum Gasteiger partial charge on any atom is 0.410 e. The Morgan fingerprint density at radius 1 is 1.23 bits per heavy atom. The number of ether oxygens (including phenoxy) is 2. The summed E-state index contributed by atoms with van der Waals surface area (Å²) in [5.41, 5.74) is 1.04. The van der Waals surface area contributed by atoms with Crippen LogP contribution in [0.25, 0.3) is 5.69 Å². The summed E-state index contributed by atoms with van der Waals surface area (Å²) in [5, 5.41) is 4.35. The van der Waals surface area contributed by atoms with Gasteiger partial charge in [0, 0.05) is 19.0 Å².